The molecular formula is C8H10ClFINO. The molecule has 1 aromatic rings. The molecule has 3 N–H and O–H groups in total. The van der Waals surface area contributed by atoms with Crippen molar-refractivity contribution >= 4 is 35.0 Å². The predicted molar refractivity (Wildman–Crippen MR) is 60.4 cm³/mol. The van der Waals surface area contributed by atoms with Crippen LogP contribution in [0.2, 0.25) is 0 Å². The minimum absolute atomic E-state index is 0. The van der Waals surface area contributed by atoms with Crippen molar-refractivity contribution in [1.82, 2.24) is 0 Å². The Kier molecular flexibility index (Phi) is 5.78. The number of aliphatic hydroxyl groups is 1. The molecular weight excluding hydrogens is 307 g/mol. The van der Waals surface area contributed by atoms with Crippen LogP contribution in [0.3, 0.4) is 0 Å². The van der Waals surface area contributed by atoms with Crippen LogP contribution in [0, 0.1) is 9.39 Å². The van der Waals surface area contributed by atoms with Gasteiger partial charge in [-0.2, -0.15) is 0 Å². The van der Waals surface area contributed by atoms with Gasteiger partial charge in [-0.05, 0) is 40.8 Å². The summed E-state index contributed by atoms with van der Waals surface area (Å²) in [6.07, 6.45) is 0. The van der Waals surface area contributed by atoms with E-state index in [0.717, 1.165) is 3.57 Å². The van der Waals surface area contributed by atoms with Crippen molar-refractivity contribution in [2.75, 3.05) is 6.61 Å². The molecule has 1 rings (SSSR count). The molecule has 5 heteroatoms. The Labute approximate surface area is 95.9 Å². The van der Waals surface area contributed by atoms with Gasteiger partial charge in [-0.15, -0.1) is 12.4 Å². The van der Waals surface area contributed by atoms with Crippen molar-refractivity contribution in [2.45, 2.75) is 6.04 Å². The van der Waals surface area contributed by atoms with Crippen LogP contribution in [0.4, 0.5) is 4.39 Å². The smallest absolute Gasteiger partial charge is 0.128 e. The number of hydrogen-bond acceptors (Lipinski definition) is 2. The van der Waals surface area contributed by atoms with Crippen molar-refractivity contribution in [3.8, 4) is 0 Å². The van der Waals surface area contributed by atoms with Crippen molar-refractivity contribution in [1.29, 1.82) is 0 Å². The second kappa shape index (κ2) is 5.74. The Hall–Kier alpha value is 0.0900. The molecule has 0 aliphatic heterocycles. The molecule has 2 nitrogen and oxygen atoms in total. The van der Waals surface area contributed by atoms with Crippen LogP contribution in [0.1, 0.15) is 11.6 Å². The number of nitrogens with two attached hydrogens (primary N) is 1. The van der Waals surface area contributed by atoms with Crippen molar-refractivity contribution < 1.29 is 9.50 Å². The van der Waals surface area contributed by atoms with E-state index in [9.17, 15) is 4.39 Å². The van der Waals surface area contributed by atoms with Gasteiger partial charge in [0.25, 0.3) is 0 Å². The van der Waals surface area contributed by atoms with Gasteiger partial charge < -0.3 is 10.8 Å². The second-order valence-electron chi connectivity index (χ2n) is 2.45. The Morgan fingerprint density at radius 3 is 2.69 bits per heavy atom. The maximum atomic E-state index is 13.0. The van der Waals surface area contributed by atoms with Crippen LogP contribution in [0.5, 0.6) is 0 Å². The molecule has 0 saturated carbocycles. The largest absolute Gasteiger partial charge is 0.394 e. The molecule has 0 aliphatic carbocycles. The third kappa shape index (κ3) is 3.38. The minimum atomic E-state index is -0.625. The maximum Gasteiger partial charge on any atom is 0.128 e. The summed E-state index contributed by atoms with van der Waals surface area (Å²) < 4.78 is 13.9. The lowest BCUT2D eigenvalue weighted by Crippen LogP contribution is -2.16. The summed E-state index contributed by atoms with van der Waals surface area (Å²) in [5.41, 5.74) is 5.84. The van der Waals surface area contributed by atoms with Gasteiger partial charge in [-0.25, -0.2) is 4.39 Å². The highest BCUT2D eigenvalue weighted by molar-refractivity contribution is 14.1. The van der Waals surface area contributed by atoms with Crippen molar-refractivity contribution in [3.63, 3.8) is 0 Å². The van der Waals surface area contributed by atoms with E-state index in [4.69, 9.17) is 10.8 Å². The molecule has 0 spiro atoms. The van der Waals surface area contributed by atoms with Gasteiger partial charge in [-0.3, -0.25) is 0 Å². The molecule has 0 fully saturated rings. The fourth-order valence-corrected chi connectivity index (χ4v) is 1.41. The van der Waals surface area contributed by atoms with Crippen molar-refractivity contribution in [3.05, 3.63) is 33.1 Å². The van der Waals surface area contributed by atoms with Gasteiger partial charge in [0, 0.05) is 9.13 Å². The number of hydrogen-bond donors (Lipinski definition) is 2. The van der Waals surface area contributed by atoms with Crippen LogP contribution >= 0.6 is 35.0 Å². The van der Waals surface area contributed by atoms with Crippen LogP contribution in [-0.2, 0) is 0 Å². The highest BCUT2D eigenvalue weighted by atomic mass is 127. The Bertz CT molecular complexity index is 285. The van der Waals surface area contributed by atoms with E-state index in [1.807, 2.05) is 0 Å². The van der Waals surface area contributed by atoms with E-state index < -0.39 is 6.04 Å². The lowest BCUT2D eigenvalue weighted by Gasteiger charge is -2.09. The quantitative estimate of drug-likeness (QED) is 0.818. The Morgan fingerprint density at radius 1 is 1.54 bits per heavy atom. The third-order valence-electron chi connectivity index (χ3n) is 1.55. The highest BCUT2D eigenvalue weighted by Crippen LogP contribution is 2.17. The van der Waals surface area contributed by atoms with Crippen molar-refractivity contribution in [2.24, 2.45) is 5.73 Å². The molecule has 0 saturated heterocycles. The SMILES string of the molecule is Cl.N[C@H](CO)c1cc(I)ccc1F. The molecule has 0 unspecified atom stereocenters. The summed E-state index contributed by atoms with van der Waals surface area (Å²) in [6, 6.07) is 4.02. The molecule has 13 heavy (non-hydrogen) atoms. The Balaban J connectivity index is 0.00000144. The first-order valence-electron chi connectivity index (χ1n) is 3.46. The average molecular weight is 318 g/mol. The summed E-state index contributed by atoms with van der Waals surface area (Å²) in [5, 5.41) is 8.71. The maximum absolute atomic E-state index is 13.0. The monoisotopic (exact) mass is 317 g/mol. The molecule has 0 radical (unpaired) electrons. The van der Waals surface area contributed by atoms with Gasteiger partial charge in [-0.1, -0.05) is 0 Å². The first-order valence-corrected chi connectivity index (χ1v) is 4.54. The van der Waals surface area contributed by atoms with E-state index in [1.54, 1.807) is 12.1 Å². The number of halogens is 3. The first kappa shape index (κ1) is 13.1. The zero-order chi connectivity index (χ0) is 9.14. The standard InChI is InChI=1S/C8H9FINO.ClH/c9-7-2-1-5(10)3-6(7)8(11)4-12;/h1-3,8,12H,4,11H2;1H/t8-;/m1./s1. The van der Waals surface area contributed by atoms with Gasteiger partial charge in [0.1, 0.15) is 5.82 Å². The molecule has 0 heterocycles. The summed E-state index contributed by atoms with van der Waals surface area (Å²) in [6.45, 7) is -0.239. The average Bonchev–Trinajstić information content (AvgIpc) is 2.08. The molecule has 74 valence electrons. The molecule has 0 aromatic heterocycles. The highest BCUT2D eigenvalue weighted by Gasteiger charge is 2.09. The van der Waals surface area contributed by atoms with Crippen LogP contribution in [0.15, 0.2) is 18.2 Å². The van der Waals surface area contributed by atoms with Gasteiger partial charge in [0.05, 0.1) is 12.6 Å². The number of rotatable bonds is 2. The lowest BCUT2D eigenvalue weighted by atomic mass is 10.1. The normalized spacial score (nSPS) is 12.0. The summed E-state index contributed by atoms with van der Waals surface area (Å²) in [5.74, 6) is -0.364. The number of aliphatic hydroxyl groups excluding tert-OH is 1. The topological polar surface area (TPSA) is 46.2 Å². The van der Waals surface area contributed by atoms with Gasteiger partial charge >= 0.3 is 0 Å². The molecule has 1 atom stereocenters. The van der Waals surface area contributed by atoms with Crippen LogP contribution in [-0.4, -0.2) is 11.7 Å². The van der Waals surface area contributed by atoms with Gasteiger partial charge in [0.15, 0.2) is 0 Å². The van der Waals surface area contributed by atoms with Gasteiger partial charge in [0.2, 0.25) is 0 Å². The van der Waals surface area contributed by atoms with Crippen LogP contribution < -0.4 is 5.73 Å². The van der Waals surface area contributed by atoms with Crippen LogP contribution in [0.25, 0.3) is 0 Å². The van der Waals surface area contributed by atoms with E-state index in [0.29, 0.717) is 5.56 Å². The van der Waals surface area contributed by atoms with E-state index in [2.05, 4.69) is 22.6 Å². The fraction of sp³-hybridized carbons (Fsp3) is 0.250. The second-order valence-corrected chi connectivity index (χ2v) is 3.70. The Morgan fingerprint density at radius 2 is 2.15 bits per heavy atom. The molecule has 1 aromatic carbocycles. The summed E-state index contributed by atoms with van der Waals surface area (Å²) >= 11 is 2.07. The zero-order valence-electron chi connectivity index (χ0n) is 6.71. The molecule has 0 bridgehead atoms. The minimum Gasteiger partial charge on any atom is -0.394 e. The zero-order valence-corrected chi connectivity index (χ0v) is 9.68. The fourth-order valence-electron chi connectivity index (χ4n) is 0.897. The lowest BCUT2D eigenvalue weighted by molar-refractivity contribution is 0.265. The van der Waals surface area contributed by atoms with E-state index in [1.165, 1.54) is 6.07 Å². The predicted octanol–water partition coefficient (Wildman–Crippen LogP) is 1.84. The summed E-state index contributed by atoms with van der Waals surface area (Å²) in [4.78, 5) is 0. The van der Waals surface area contributed by atoms with E-state index in [-0.39, 0.29) is 24.8 Å². The molecule has 0 amide bonds. The summed E-state index contributed by atoms with van der Waals surface area (Å²) in [7, 11) is 0. The van der Waals surface area contributed by atoms with E-state index >= 15 is 0 Å². The first-order chi connectivity index (χ1) is 5.65. The number of benzene rings is 1. The third-order valence-corrected chi connectivity index (χ3v) is 2.23. The molecule has 0 aliphatic rings.